The van der Waals surface area contributed by atoms with Gasteiger partial charge in [-0.25, -0.2) is 0 Å². The lowest BCUT2D eigenvalue weighted by molar-refractivity contribution is -0.121. The van der Waals surface area contributed by atoms with Gasteiger partial charge in [-0.05, 0) is 55.3 Å². The summed E-state index contributed by atoms with van der Waals surface area (Å²) in [7, 11) is 0. The molecule has 6 nitrogen and oxygen atoms in total. The average molecular weight is 413 g/mol. The van der Waals surface area contributed by atoms with Crippen molar-refractivity contribution in [1.82, 2.24) is 10.3 Å². The number of anilines is 1. The number of aromatic nitrogens is 1. The van der Waals surface area contributed by atoms with Crippen LogP contribution in [-0.4, -0.2) is 16.8 Å². The third-order valence-electron chi connectivity index (χ3n) is 5.15. The Morgan fingerprint density at radius 3 is 2.52 bits per heavy atom. The van der Waals surface area contributed by atoms with E-state index in [1.165, 1.54) is 0 Å². The van der Waals surface area contributed by atoms with E-state index in [4.69, 9.17) is 4.42 Å². The summed E-state index contributed by atoms with van der Waals surface area (Å²) in [6, 6.07) is 16.5. The summed E-state index contributed by atoms with van der Waals surface area (Å²) < 4.78 is 5.58. The molecule has 4 aromatic rings. The predicted molar refractivity (Wildman–Crippen MR) is 120 cm³/mol. The maximum absolute atomic E-state index is 12.6. The van der Waals surface area contributed by atoms with Gasteiger partial charge < -0.3 is 15.1 Å². The molecular weight excluding hydrogens is 390 g/mol. The zero-order chi connectivity index (χ0) is 21.8. The second kappa shape index (κ2) is 8.83. The van der Waals surface area contributed by atoms with Crippen molar-refractivity contribution in [1.29, 1.82) is 0 Å². The fraction of sp³-hybridized carbons (Fsp3) is 0.160. The number of furan rings is 1. The number of fused-ring (bicyclic) bond motifs is 1. The third-order valence-corrected chi connectivity index (χ3v) is 5.15. The third kappa shape index (κ3) is 4.80. The van der Waals surface area contributed by atoms with Crippen molar-refractivity contribution in [2.24, 2.45) is 0 Å². The van der Waals surface area contributed by atoms with Crippen molar-refractivity contribution >= 4 is 28.5 Å². The van der Waals surface area contributed by atoms with E-state index in [0.717, 1.165) is 27.7 Å². The minimum absolute atomic E-state index is 0.0779. The van der Waals surface area contributed by atoms with Crippen LogP contribution in [0.1, 0.15) is 40.0 Å². The van der Waals surface area contributed by atoms with Crippen LogP contribution >= 0.6 is 0 Å². The van der Waals surface area contributed by atoms with E-state index in [1.54, 1.807) is 30.8 Å². The van der Waals surface area contributed by atoms with Crippen molar-refractivity contribution in [3.63, 3.8) is 0 Å². The Morgan fingerprint density at radius 2 is 1.77 bits per heavy atom. The first-order chi connectivity index (χ1) is 15.0. The summed E-state index contributed by atoms with van der Waals surface area (Å²) in [5.41, 5.74) is 4.95. The van der Waals surface area contributed by atoms with Crippen molar-refractivity contribution in [2.45, 2.75) is 26.3 Å². The Balaban J connectivity index is 1.36. The number of nitrogens with one attached hydrogen (secondary N) is 2. The fourth-order valence-electron chi connectivity index (χ4n) is 3.44. The van der Waals surface area contributed by atoms with Crippen LogP contribution in [0.25, 0.3) is 11.0 Å². The summed E-state index contributed by atoms with van der Waals surface area (Å²) in [6.07, 6.45) is 5.06. The SMILES string of the molecule is Cc1ccc2c(CC(=O)NC(C)c3ccc(NC(=O)c4ccncc4)cc3)coc2c1. The largest absolute Gasteiger partial charge is 0.464 e. The molecule has 2 aromatic carbocycles. The average Bonchev–Trinajstić information content (AvgIpc) is 3.16. The van der Waals surface area contributed by atoms with Gasteiger partial charge in [0.2, 0.25) is 5.91 Å². The van der Waals surface area contributed by atoms with Gasteiger partial charge in [-0.3, -0.25) is 14.6 Å². The molecule has 2 amide bonds. The lowest BCUT2D eigenvalue weighted by Gasteiger charge is -2.15. The van der Waals surface area contributed by atoms with E-state index in [0.29, 0.717) is 11.3 Å². The minimum atomic E-state index is -0.195. The zero-order valence-corrected chi connectivity index (χ0v) is 17.4. The molecule has 0 aliphatic rings. The maximum Gasteiger partial charge on any atom is 0.255 e. The summed E-state index contributed by atoms with van der Waals surface area (Å²) in [4.78, 5) is 28.7. The molecule has 2 heterocycles. The molecule has 2 aromatic heterocycles. The molecule has 0 aliphatic heterocycles. The molecule has 0 fully saturated rings. The lowest BCUT2D eigenvalue weighted by atomic mass is 10.1. The van der Waals surface area contributed by atoms with Gasteiger partial charge in [-0.15, -0.1) is 0 Å². The highest BCUT2D eigenvalue weighted by molar-refractivity contribution is 6.04. The smallest absolute Gasteiger partial charge is 0.255 e. The van der Waals surface area contributed by atoms with Gasteiger partial charge in [0.25, 0.3) is 5.91 Å². The Bertz CT molecular complexity index is 1210. The molecule has 6 heteroatoms. The predicted octanol–water partition coefficient (Wildman–Crippen LogP) is 4.81. The number of pyridine rings is 1. The number of hydrogen-bond donors (Lipinski definition) is 2. The molecule has 2 N–H and O–H groups in total. The Kier molecular flexibility index (Phi) is 5.80. The molecule has 0 saturated carbocycles. The normalized spacial score (nSPS) is 11.8. The summed E-state index contributed by atoms with van der Waals surface area (Å²) in [5, 5.41) is 6.83. The number of rotatable bonds is 6. The molecule has 0 bridgehead atoms. The number of hydrogen-bond acceptors (Lipinski definition) is 4. The van der Waals surface area contributed by atoms with Gasteiger partial charge >= 0.3 is 0 Å². The fourth-order valence-corrected chi connectivity index (χ4v) is 3.44. The highest BCUT2D eigenvalue weighted by atomic mass is 16.3. The van der Waals surface area contributed by atoms with E-state index in [2.05, 4.69) is 15.6 Å². The first-order valence-electron chi connectivity index (χ1n) is 10.1. The van der Waals surface area contributed by atoms with Gasteiger partial charge in [0.05, 0.1) is 18.7 Å². The van der Waals surface area contributed by atoms with E-state index >= 15 is 0 Å². The van der Waals surface area contributed by atoms with Crippen LogP contribution in [0.15, 0.2) is 77.7 Å². The van der Waals surface area contributed by atoms with Crippen molar-refractivity contribution < 1.29 is 14.0 Å². The monoisotopic (exact) mass is 413 g/mol. The van der Waals surface area contributed by atoms with Crippen LogP contribution in [0.5, 0.6) is 0 Å². The Labute approximate surface area is 180 Å². The van der Waals surface area contributed by atoms with E-state index in [9.17, 15) is 9.59 Å². The number of aryl methyl sites for hydroxylation is 1. The lowest BCUT2D eigenvalue weighted by Crippen LogP contribution is -2.28. The molecule has 1 atom stereocenters. The topological polar surface area (TPSA) is 84.2 Å². The number of carbonyl (C=O) groups excluding carboxylic acids is 2. The zero-order valence-electron chi connectivity index (χ0n) is 17.4. The molecular formula is C25H23N3O3. The van der Waals surface area contributed by atoms with Crippen molar-refractivity contribution in [2.75, 3.05) is 5.32 Å². The second-order valence-corrected chi connectivity index (χ2v) is 7.54. The summed E-state index contributed by atoms with van der Waals surface area (Å²) in [6.45, 7) is 3.94. The first-order valence-corrected chi connectivity index (χ1v) is 10.1. The van der Waals surface area contributed by atoms with Gasteiger partial charge in [0, 0.05) is 34.6 Å². The molecule has 0 saturated heterocycles. The van der Waals surface area contributed by atoms with Crippen molar-refractivity contribution in [3.05, 3.63) is 95.5 Å². The number of nitrogens with zero attached hydrogens (tertiary/aromatic N) is 1. The van der Waals surface area contributed by atoms with Crippen LogP contribution in [0.2, 0.25) is 0 Å². The number of amides is 2. The van der Waals surface area contributed by atoms with Crippen LogP contribution < -0.4 is 10.6 Å². The molecule has 0 aliphatic carbocycles. The quantitative estimate of drug-likeness (QED) is 0.475. The van der Waals surface area contributed by atoms with E-state index in [-0.39, 0.29) is 24.3 Å². The number of benzene rings is 2. The van der Waals surface area contributed by atoms with Gasteiger partial charge in [0.1, 0.15) is 5.58 Å². The van der Waals surface area contributed by atoms with E-state index in [1.807, 2.05) is 56.3 Å². The maximum atomic E-state index is 12.6. The molecule has 156 valence electrons. The molecule has 4 rings (SSSR count). The van der Waals surface area contributed by atoms with Crippen LogP contribution in [0, 0.1) is 6.92 Å². The second-order valence-electron chi connectivity index (χ2n) is 7.54. The number of carbonyl (C=O) groups is 2. The van der Waals surface area contributed by atoms with Crippen molar-refractivity contribution in [3.8, 4) is 0 Å². The van der Waals surface area contributed by atoms with Crippen LogP contribution in [0.4, 0.5) is 5.69 Å². The van der Waals surface area contributed by atoms with E-state index < -0.39 is 0 Å². The highest BCUT2D eigenvalue weighted by Gasteiger charge is 2.14. The van der Waals surface area contributed by atoms with Crippen LogP contribution in [-0.2, 0) is 11.2 Å². The molecule has 0 spiro atoms. The van der Waals surface area contributed by atoms with Gasteiger partial charge in [-0.2, -0.15) is 0 Å². The molecule has 0 radical (unpaired) electrons. The molecule has 1 unspecified atom stereocenters. The summed E-state index contributed by atoms with van der Waals surface area (Å²) in [5.74, 6) is -0.273. The first kappa shape index (κ1) is 20.3. The summed E-state index contributed by atoms with van der Waals surface area (Å²) >= 11 is 0. The standard InChI is InChI=1S/C25H23N3O3/c1-16-3-8-22-20(15-31-23(22)13-16)14-24(29)27-17(2)18-4-6-21(7-5-18)28-25(30)19-9-11-26-12-10-19/h3-13,15,17H,14H2,1-2H3,(H,27,29)(H,28,30). The van der Waals surface area contributed by atoms with Gasteiger partial charge in [-0.1, -0.05) is 24.3 Å². The molecule has 31 heavy (non-hydrogen) atoms. The Hall–Kier alpha value is -3.93. The minimum Gasteiger partial charge on any atom is -0.464 e. The van der Waals surface area contributed by atoms with Crippen LogP contribution in [0.3, 0.4) is 0 Å². The Morgan fingerprint density at radius 1 is 1.03 bits per heavy atom. The highest BCUT2D eigenvalue weighted by Crippen LogP contribution is 2.23. The van der Waals surface area contributed by atoms with Gasteiger partial charge in [0.15, 0.2) is 0 Å².